The zero-order valence-corrected chi connectivity index (χ0v) is 8.59. The first-order chi connectivity index (χ1) is 7.20. The van der Waals surface area contributed by atoms with E-state index in [4.69, 9.17) is 0 Å². The van der Waals surface area contributed by atoms with Crippen molar-refractivity contribution in [1.29, 1.82) is 0 Å². The number of fused-ring (bicyclic) bond motifs is 1. The summed E-state index contributed by atoms with van der Waals surface area (Å²) in [5.41, 5.74) is 1.88. The van der Waals surface area contributed by atoms with E-state index in [9.17, 15) is 4.79 Å². The predicted molar refractivity (Wildman–Crippen MR) is 59.9 cm³/mol. The van der Waals surface area contributed by atoms with E-state index in [1.807, 2.05) is 25.2 Å². The van der Waals surface area contributed by atoms with Crippen molar-refractivity contribution >= 4 is 28.3 Å². The zero-order valence-electron chi connectivity index (χ0n) is 8.59. The molecule has 2 aromatic rings. The summed E-state index contributed by atoms with van der Waals surface area (Å²) in [6, 6.07) is 5.79. The molecule has 2 rings (SSSR count). The lowest BCUT2D eigenvalue weighted by molar-refractivity contribution is -0.114. The van der Waals surface area contributed by atoms with Crippen LogP contribution in [0.2, 0.25) is 0 Å². The van der Waals surface area contributed by atoms with Crippen molar-refractivity contribution in [3.63, 3.8) is 0 Å². The van der Waals surface area contributed by atoms with Crippen molar-refractivity contribution < 1.29 is 4.79 Å². The number of carbonyl (C=O) groups excluding carboxylic acids is 1. The first-order valence-electron chi connectivity index (χ1n) is 4.64. The Hall–Kier alpha value is -2.04. The van der Waals surface area contributed by atoms with E-state index in [1.165, 1.54) is 6.92 Å². The largest absolute Gasteiger partial charge is 0.388 e. The number of carbonyl (C=O) groups is 1. The summed E-state index contributed by atoms with van der Waals surface area (Å²) >= 11 is 0. The molecule has 0 radical (unpaired) electrons. The van der Waals surface area contributed by atoms with Crippen LogP contribution < -0.4 is 10.6 Å². The summed E-state index contributed by atoms with van der Waals surface area (Å²) < 4.78 is 0. The number of aromatic nitrogens is 2. The van der Waals surface area contributed by atoms with Crippen molar-refractivity contribution in [3.8, 4) is 0 Å². The van der Waals surface area contributed by atoms with Crippen LogP contribution in [-0.2, 0) is 4.79 Å². The van der Waals surface area contributed by atoms with Crippen LogP contribution in [0.5, 0.6) is 0 Å². The second-order valence-corrected chi connectivity index (χ2v) is 3.26. The van der Waals surface area contributed by atoms with E-state index in [-0.39, 0.29) is 5.91 Å². The van der Waals surface area contributed by atoms with Crippen molar-refractivity contribution in [1.82, 2.24) is 10.2 Å². The third-order valence-electron chi connectivity index (χ3n) is 2.15. The molecule has 5 heteroatoms. The van der Waals surface area contributed by atoms with Gasteiger partial charge in [-0.2, -0.15) is 5.10 Å². The van der Waals surface area contributed by atoms with Crippen molar-refractivity contribution in [2.45, 2.75) is 6.92 Å². The number of H-pyrrole nitrogens is 1. The van der Waals surface area contributed by atoms with E-state index in [2.05, 4.69) is 20.8 Å². The van der Waals surface area contributed by atoms with Crippen LogP contribution in [0.25, 0.3) is 10.9 Å². The molecule has 0 spiro atoms. The molecule has 0 unspecified atom stereocenters. The predicted octanol–water partition coefficient (Wildman–Crippen LogP) is 1.56. The minimum absolute atomic E-state index is 0.127. The molecule has 0 aliphatic carbocycles. The molecule has 0 saturated carbocycles. The summed E-state index contributed by atoms with van der Waals surface area (Å²) in [6.45, 7) is 1.46. The molecule has 78 valence electrons. The van der Waals surface area contributed by atoms with Gasteiger partial charge in [0.05, 0.1) is 5.52 Å². The van der Waals surface area contributed by atoms with Crippen LogP contribution in [0.15, 0.2) is 18.2 Å². The zero-order chi connectivity index (χ0) is 10.8. The van der Waals surface area contributed by atoms with Crippen LogP contribution in [0.1, 0.15) is 6.92 Å². The number of benzene rings is 1. The molecule has 15 heavy (non-hydrogen) atoms. The van der Waals surface area contributed by atoms with Gasteiger partial charge in [-0.05, 0) is 18.2 Å². The molecule has 0 aliphatic heterocycles. The smallest absolute Gasteiger partial charge is 0.222 e. The normalized spacial score (nSPS) is 10.3. The highest BCUT2D eigenvalue weighted by molar-refractivity contribution is 5.99. The number of nitrogens with one attached hydrogen (secondary N) is 3. The minimum atomic E-state index is -0.127. The average Bonchev–Trinajstić information content (AvgIpc) is 2.60. The van der Waals surface area contributed by atoms with Gasteiger partial charge < -0.3 is 10.6 Å². The van der Waals surface area contributed by atoms with Gasteiger partial charge in [0.25, 0.3) is 0 Å². The quantitative estimate of drug-likeness (QED) is 0.695. The molecule has 5 nitrogen and oxygen atoms in total. The number of anilines is 2. The summed E-state index contributed by atoms with van der Waals surface area (Å²) in [6.07, 6.45) is 0. The molecule has 0 saturated heterocycles. The Morgan fingerprint density at radius 2 is 2.27 bits per heavy atom. The number of hydrogen-bond acceptors (Lipinski definition) is 3. The Morgan fingerprint density at radius 3 is 2.93 bits per heavy atom. The summed E-state index contributed by atoms with van der Waals surface area (Å²) in [5, 5.41) is 13.5. The van der Waals surface area contributed by atoms with E-state index < -0.39 is 0 Å². The second-order valence-electron chi connectivity index (χ2n) is 3.26. The number of amides is 1. The molecule has 0 atom stereocenters. The number of rotatable bonds is 2. The average molecular weight is 204 g/mol. The van der Waals surface area contributed by atoms with Gasteiger partial charge in [-0.1, -0.05) is 0 Å². The van der Waals surface area contributed by atoms with Gasteiger partial charge in [0.15, 0.2) is 5.82 Å². The van der Waals surface area contributed by atoms with Crippen molar-refractivity contribution in [3.05, 3.63) is 18.2 Å². The fourth-order valence-electron chi connectivity index (χ4n) is 1.43. The van der Waals surface area contributed by atoms with Crippen LogP contribution in [0.4, 0.5) is 11.5 Å². The maximum atomic E-state index is 10.9. The first kappa shape index (κ1) is 9.51. The molecule has 1 aromatic heterocycles. The molecular formula is C10H12N4O. The fraction of sp³-hybridized carbons (Fsp3) is 0.200. The molecule has 1 amide bonds. The fourth-order valence-corrected chi connectivity index (χ4v) is 1.43. The SMILES string of the molecule is CNc1ccc2[nH]nc(NC(C)=O)c2c1. The summed E-state index contributed by atoms with van der Waals surface area (Å²) in [4.78, 5) is 10.9. The third-order valence-corrected chi connectivity index (χ3v) is 2.15. The van der Waals surface area contributed by atoms with Crippen molar-refractivity contribution in [2.24, 2.45) is 0 Å². The van der Waals surface area contributed by atoms with Gasteiger partial charge in [-0.25, -0.2) is 0 Å². The molecule has 1 aromatic carbocycles. The standard InChI is InChI=1S/C10H12N4O/c1-6(15)12-10-8-5-7(11-2)3-4-9(8)13-14-10/h3-5,11H,1-2H3,(H2,12,13,14,15). The molecule has 3 N–H and O–H groups in total. The van der Waals surface area contributed by atoms with Crippen LogP contribution >= 0.6 is 0 Å². The lowest BCUT2D eigenvalue weighted by Gasteiger charge is -2.00. The maximum absolute atomic E-state index is 10.9. The summed E-state index contributed by atoms with van der Waals surface area (Å²) in [7, 11) is 1.85. The highest BCUT2D eigenvalue weighted by Crippen LogP contribution is 2.23. The highest BCUT2D eigenvalue weighted by Gasteiger charge is 2.06. The minimum Gasteiger partial charge on any atom is -0.388 e. The Kier molecular flexibility index (Phi) is 2.29. The van der Waals surface area contributed by atoms with Gasteiger partial charge in [0.1, 0.15) is 0 Å². The monoisotopic (exact) mass is 204 g/mol. The van der Waals surface area contributed by atoms with Gasteiger partial charge in [0.2, 0.25) is 5.91 Å². The van der Waals surface area contributed by atoms with Crippen molar-refractivity contribution in [2.75, 3.05) is 17.7 Å². The van der Waals surface area contributed by atoms with Gasteiger partial charge in [-0.3, -0.25) is 9.89 Å². The Balaban J connectivity index is 2.51. The van der Waals surface area contributed by atoms with E-state index in [0.29, 0.717) is 5.82 Å². The number of nitrogens with zero attached hydrogens (tertiary/aromatic N) is 1. The molecular weight excluding hydrogens is 192 g/mol. The molecule has 1 heterocycles. The highest BCUT2D eigenvalue weighted by atomic mass is 16.1. The molecule has 0 bridgehead atoms. The van der Waals surface area contributed by atoms with Gasteiger partial charge >= 0.3 is 0 Å². The van der Waals surface area contributed by atoms with Crippen LogP contribution in [0.3, 0.4) is 0 Å². The number of aromatic amines is 1. The van der Waals surface area contributed by atoms with Gasteiger partial charge in [0, 0.05) is 25.0 Å². The Morgan fingerprint density at radius 1 is 1.47 bits per heavy atom. The summed E-state index contributed by atoms with van der Waals surface area (Å²) in [5.74, 6) is 0.438. The Labute approximate surface area is 86.9 Å². The topological polar surface area (TPSA) is 69.8 Å². The lowest BCUT2D eigenvalue weighted by Crippen LogP contribution is -2.06. The second kappa shape index (κ2) is 3.61. The Bertz CT molecular complexity index is 503. The van der Waals surface area contributed by atoms with E-state index in [0.717, 1.165) is 16.6 Å². The third kappa shape index (κ3) is 1.76. The van der Waals surface area contributed by atoms with E-state index >= 15 is 0 Å². The van der Waals surface area contributed by atoms with Crippen LogP contribution in [-0.4, -0.2) is 23.2 Å². The van der Waals surface area contributed by atoms with E-state index in [1.54, 1.807) is 0 Å². The first-order valence-corrected chi connectivity index (χ1v) is 4.64. The lowest BCUT2D eigenvalue weighted by atomic mass is 10.2. The van der Waals surface area contributed by atoms with Crippen LogP contribution in [0, 0.1) is 0 Å². The number of hydrogen-bond donors (Lipinski definition) is 3. The van der Waals surface area contributed by atoms with Gasteiger partial charge in [-0.15, -0.1) is 0 Å². The maximum Gasteiger partial charge on any atom is 0.222 e. The molecule has 0 fully saturated rings. The molecule has 0 aliphatic rings.